The van der Waals surface area contributed by atoms with E-state index < -0.39 is 28.0 Å². The summed E-state index contributed by atoms with van der Waals surface area (Å²) in [6.45, 7) is 0. The van der Waals surface area contributed by atoms with Crippen LogP contribution in [0, 0.1) is 5.82 Å². The van der Waals surface area contributed by atoms with Gasteiger partial charge in [0.2, 0.25) is 10.0 Å². The third-order valence-corrected chi connectivity index (χ3v) is 4.71. The highest BCUT2D eigenvalue weighted by Crippen LogP contribution is 2.19. The molecule has 0 spiro atoms. The van der Waals surface area contributed by atoms with Crippen molar-refractivity contribution in [3.05, 3.63) is 35.6 Å². The molecule has 0 bridgehead atoms. The van der Waals surface area contributed by atoms with Crippen LogP contribution in [0.5, 0.6) is 0 Å². The fourth-order valence-corrected chi connectivity index (χ4v) is 3.77. The summed E-state index contributed by atoms with van der Waals surface area (Å²) in [7, 11) is -3.51. The fourth-order valence-electron chi connectivity index (χ4n) is 2.32. The molecule has 0 aromatic heterocycles. The molecule has 0 unspecified atom stereocenters. The van der Waals surface area contributed by atoms with Gasteiger partial charge in [-0.15, -0.1) is 0 Å². The lowest BCUT2D eigenvalue weighted by atomic mass is 9.93. The first-order chi connectivity index (χ1) is 8.96. The second-order valence-electron chi connectivity index (χ2n) is 4.96. The minimum atomic E-state index is -3.51. The van der Waals surface area contributed by atoms with Gasteiger partial charge in [-0.05, 0) is 30.5 Å². The van der Waals surface area contributed by atoms with Crippen LogP contribution in [0.25, 0.3) is 0 Å². The Morgan fingerprint density at radius 1 is 1.21 bits per heavy atom. The molecule has 1 aromatic rings. The molecule has 2 atom stereocenters. The maximum atomic E-state index is 12.7. The van der Waals surface area contributed by atoms with Gasteiger partial charge >= 0.3 is 0 Å². The van der Waals surface area contributed by atoms with E-state index in [1.165, 1.54) is 24.3 Å². The van der Waals surface area contributed by atoms with Crippen LogP contribution < -0.4 is 4.72 Å². The van der Waals surface area contributed by atoms with E-state index in [1.807, 2.05) is 0 Å². The minimum Gasteiger partial charge on any atom is -0.391 e. The Balaban J connectivity index is 2.00. The SMILES string of the molecule is O=S(=O)(Cc1ccc(F)cc1)N[C@@H]1CCCC[C@H]1O. The average molecular weight is 287 g/mol. The van der Waals surface area contributed by atoms with Crippen LogP contribution >= 0.6 is 0 Å². The van der Waals surface area contributed by atoms with E-state index >= 15 is 0 Å². The molecule has 2 rings (SSSR count). The third kappa shape index (κ3) is 4.26. The quantitative estimate of drug-likeness (QED) is 0.883. The molecule has 1 fully saturated rings. The van der Waals surface area contributed by atoms with E-state index in [4.69, 9.17) is 0 Å². The first-order valence-corrected chi connectivity index (χ1v) is 8.04. The van der Waals surface area contributed by atoms with Crippen LogP contribution in [-0.2, 0) is 15.8 Å². The largest absolute Gasteiger partial charge is 0.391 e. The van der Waals surface area contributed by atoms with E-state index in [9.17, 15) is 17.9 Å². The van der Waals surface area contributed by atoms with Gasteiger partial charge < -0.3 is 5.11 Å². The predicted octanol–water partition coefficient (Wildman–Crippen LogP) is 1.55. The molecule has 2 N–H and O–H groups in total. The van der Waals surface area contributed by atoms with E-state index in [1.54, 1.807) is 0 Å². The number of sulfonamides is 1. The maximum Gasteiger partial charge on any atom is 0.216 e. The minimum absolute atomic E-state index is 0.198. The van der Waals surface area contributed by atoms with Gasteiger partial charge in [0.25, 0.3) is 0 Å². The summed E-state index contributed by atoms with van der Waals surface area (Å²) in [6, 6.07) is 4.97. The Bertz CT molecular complexity index is 515. The van der Waals surface area contributed by atoms with Crippen molar-refractivity contribution < 1.29 is 17.9 Å². The van der Waals surface area contributed by atoms with Gasteiger partial charge in [-0.3, -0.25) is 0 Å². The second-order valence-corrected chi connectivity index (χ2v) is 6.72. The zero-order valence-electron chi connectivity index (χ0n) is 10.5. The van der Waals surface area contributed by atoms with Crippen LogP contribution in [0.15, 0.2) is 24.3 Å². The normalized spacial score (nSPS) is 24.3. The number of halogens is 1. The van der Waals surface area contributed by atoms with Crippen molar-refractivity contribution in [1.29, 1.82) is 0 Å². The summed E-state index contributed by atoms with van der Waals surface area (Å²) in [5.74, 6) is -0.590. The maximum absolute atomic E-state index is 12.7. The molecule has 106 valence electrons. The van der Waals surface area contributed by atoms with E-state index in [-0.39, 0.29) is 5.75 Å². The van der Waals surface area contributed by atoms with Gasteiger partial charge in [0, 0.05) is 6.04 Å². The second kappa shape index (κ2) is 5.98. The lowest BCUT2D eigenvalue weighted by Gasteiger charge is -2.28. The molecular weight excluding hydrogens is 269 g/mol. The molecule has 1 aliphatic carbocycles. The Kier molecular flexibility index (Phi) is 4.54. The van der Waals surface area contributed by atoms with Crippen LogP contribution in [-0.4, -0.2) is 25.7 Å². The van der Waals surface area contributed by atoms with Crippen LogP contribution in [0.4, 0.5) is 4.39 Å². The summed E-state index contributed by atoms with van der Waals surface area (Å²) < 4.78 is 39.2. The Morgan fingerprint density at radius 3 is 2.47 bits per heavy atom. The standard InChI is InChI=1S/C13H18FNO3S/c14-11-7-5-10(6-8-11)9-19(17,18)15-12-3-1-2-4-13(12)16/h5-8,12-13,15-16H,1-4,9H2/t12-,13-/m1/s1. The first kappa shape index (κ1) is 14.4. The molecule has 1 aromatic carbocycles. The van der Waals surface area contributed by atoms with Gasteiger partial charge in [-0.25, -0.2) is 17.5 Å². The van der Waals surface area contributed by atoms with Crippen molar-refractivity contribution >= 4 is 10.0 Å². The fraction of sp³-hybridized carbons (Fsp3) is 0.538. The topological polar surface area (TPSA) is 66.4 Å². The number of rotatable bonds is 4. The summed E-state index contributed by atoms with van der Waals surface area (Å²) in [5.41, 5.74) is 0.527. The number of hydrogen-bond acceptors (Lipinski definition) is 3. The van der Waals surface area contributed by atoms with Gasteiger partial charge in [0.05, 0.1) is 11.9 Å². The molecule has 0 aliphatic heterocycles. The highest BCUT2D eigenvalue weighted by molar-refractivity contribution is 7.88. The lowest BCUT2D eigenvalue weighted by molar-refractivity contribution is 0.101. The van der Waals surface area contributed by atoms with Crippen molar-refractivity contribution in [2.24, 2.45) is 0 Å². The number of nitrogens with one attached hydrogen (secondary N) is 1. The molecule has 0 radical (unpaired) electrons. The van der Waals surface area contributed by atoms with Crippen LogP contribution in [0.1, 0.15) is 31.2 Å². The van der Waals surface area contributed by atoms with E-state index in [0.29, 0.717) is 18.4 Å². The van der Waals surface area contributed by atoms with E-state index in [0.717, 1.165) is 12.8 Å². The van der Waals surface area contributed by atoms with Crippen molar-refractivity contribution in [2.45, 2.75) is 43.6 Å². The summed E-state index contributed by atoms with van der Waals surface area (Å²) in [4.78, 5) is 0. The molecular formula is C13H18FNO3S. The predicted molar refractivity (Wildman–Crippen MR) is 70.4 cm³/mol. The molecule has 0 saturated heterocycles. The summed E-state index contributed by atoms with van der Waals surface area (Å²) >= 11 is 0. The molecule has 0 heterocycles. The van der Waals surface area contributed by atoms with Crippen molar-refractivity contribution in [3.8, 4) is 0 Å². The van der Waals surface area contributed by atoms with Crippen molar-refractivity contribution in [2.75, 3.05) is 0 Å². The van der Waals surface area contributed by atoms with Gasteiger partial charge in [-0.1, -0.05) is 25.0 Å². The Hall–Kier alpha value is -0.980. The number of aliphatic hydroxyl groups excluding tert-OH is 1. The highest BCUT2D eigenvalue weighted by Gasteiger charge is 2.27. The van der Waals surface area contributed by atoms with E-state index in [2.05, 4.69) is 4.72 Å². The van der Waals surface area contributed by atoms with Crippen molar-refractivity contribution in [3.63, 3.8) is 0 Å². The van der Waals surface area contributed by atoms with Crippen LogP contribution in [0.3, 0.4) is 0 Å². The summed E-state index contributed by atoms with van der Waals surface area (Å²) in [5, 5.41) is 9.76. The highest BCUT2D eigenvalue weighted by atomic mass is 32.2. The first-order valence-electron chi connectivity index (χ1n) is 6.39. The molecule has 1 aliphatic rings. The smallest absolute Gasteiger partial charge is 0.216 e. The molecule has 19 heavy (non-hydrogen) atoms. The molecule has 0 amide bonds. The molecule has 1 saturated carbocycles. The third-order valence-electron chi connectivity index (χ3n) is 3.33. The zero-order valence-corrected chi connectivity index (χ0v) is 11.4. The van der Waals surface area contributed by atoms with Crippen molar-refractivity contribution in [1.82, 2.24) is 4.72 Å². The van der Waals surface area contributed by atoms with Gasteiger partial charge in [0.1, 0.15) is 5.82 Å². The Morgan fingerprint density at radius 2 is 1.84 bits per heavy atom. The lowest BCUT2D eigenvalue weighted by Crippen LogP contribution is -2.45. The molecule has 6 heteroatoms. The molecule has 4 nitrogen and oxygen atoms in total. The van der Waals surface area contributed by atoms with Gasteiger partial charge in [0.15, 0.2) is 0 Å². The average Bonchev–Trinajstić information content (AvgIpc) is 2.35. The zero-order chi connectivity index (χ0) is 13.9. The monoisotopic (exact) mass is 287 g/mol. The number of benzene rings is 1. The Labute approximate surface area is 112 Å². The van der Waals surface area contributed by atoms with Crippen LogP contribution in [0.2, 0.25) is 0 Å². The van der Waals surface area contributed by atoms with Gasteiger partial charge in [-0.2, -0.15) is 0 Å². The summed E-state index contributed by atoms with van der Waals surface area (Å²) in [6.07, 6.45) is 2.52. The number of aliphatic hydroxyl groups is 1. The number of hydrogen-bond donors (Lipinski definition) is 2.